The monoisotopic (exact) mass is 508 g/mol. The highest BCUT2D eigenvalue weighted by Gasteiger charge is 2.42. The number of likely N-dealkylation sites (tertiary alicyclic amines) is 1. The Morgan fingerprint density at radius 2 is 1.87 bits per heavy atom. The van der Waals surface area contributed by atoms with Crippen LogP contribution in [0.1, 0.15) is 29.5 Å². The van der Waals surface area contributed by atoms with E-state index in [0.717, 1.165) is 41.5 Å². The highest BCUT2D eigenvalue weighted by Crippen LogP contribution is 2.41. The summed E-state index contributed by atoms with van der Waals surface area (Å²) >= 11 is 0. The van der Waals surface area contributed by atoms with Crippen LogP contribution in [0, 0.1) is 12.7 Å². The van der Waals surface area contributed by atoms with Crippen LogP contribution < -0.4 is 0 Å². The second-order valence-electron chi connectivity index (χ2n) is 10.2. The molecule has 1 aliphatic heterocycles. The second kappa shape index (κ2) is 9.85. The molecule has 6 rings (SSSR count). The lowest BCUT2D eigenvalue weighted by atomic mass is 9.73. The van der Waals surface area contributed by atoms with Gasteiger partial charge in [-0.1, -0.05) is 30.3 Å². The molecule has 1 unspecified atom stereocenters. The Bertz CT molecular complexity index is 1560. The zero-order valence-corrected chi connectivity index (χ0v) is 21.3. The van der Waals surface area contributed by atoms with Crippen LogP contribution in [-0.4, -0.2) is 48.4 Å². The highest BCUT2D eigenvalue weighted by molar-refractivity contribution is 5.83. The summed E-state index contributed by atoms with van der Waals surface area (Å²) in [4.78, 5) is 19.2. The van der Waals surface area contributed by atoms with E-state index in [9.17, 15) is 9.18 Å². The molecule has 1 atom stereocenters. The van der Waals surface area contributed by atoms with E-state index in [0.29, 0.717) is 19.5 Å². The smallest absolute Gasteiger partial charge is 0.224 e. The van der Waals surface area contributed by atoms with Gasteiger partial charge in [0.1, 0.15) is 18.5 Å². The molecule has 1 fully saturated rings. The van der Waals surface area contributed by atoms with Crippen LogP contribution in [0.3, 0.4) is 0 Å². The second-order valence-corrected chi connectivity index (χ2v) is 10.2. The first-order valence-corrected chi connectivity index (χ1v) is 12.9. The van der Waals surface area contributed by atoms with Crippen molar-refractivity contribution in [2.75, 3.05) is 13.1 Å². The van der Waals surface area contributed by atoms with Crippen LogP contribution in [0.4, 0.5) is 4.39 Å². The number of hydrogen-bond acceptors (Lipinski definition) is 4. The maximum absolute atomic E-state index is 13.5. The SMILES string of the molecule is Cc1cc2c(cnn2-c2ccc(F)cc2)cc1C1(Cc2ccccc2)CCN(C(=O)CCn2cncn2)C1. The maximum atomic E-state index is 13.5. The number of benzene rings is 3. The number of rotatable bonds is 7. The number of hydrogen-bond donors (Lipinski definition) is 0. The maximum Gasteiger partial charge on any atom is 0.224 e. The quantitative estimate of drug-likeness (QED) is 0.315. The van der Waals surface area contributed by atoms with Crippen molar-refractivity contribution in [3.63, 3.8) is 0 Å². The molecule has 7 nitrogen and oxygen atoms in total. The van der Waals surface area contributed by atoms with Crippen molar-refractivity contribution in [2.45, 2.75) is 38.1 Å². The van der Waals surface area contributed by atoms with E-state index in [4.69, 9.17) is 0 Å². The van der Waals surface area contributed by atoms with Crippen LogP contribution in [0.5, 0.6) is 0 Å². The molecule has 1 saturated heterocycles. The molecule has 3 heterocycles. The van der Waals surface area contributed by atoms with Crippen molar-refractivity contribution in [2.24, 2.45) is 0 Å². The van der Waals surface area contributed by atoms with Crippen molar-refractivity contribution >= 4 is 16.8 Å². The third-order valence-electron chi connectivity index (χ3n) is 7.67. The van der Waals surface area contributed by atoms with Crippen LogP contribution >= 0.6 is 0 Å². The van der Waals surface area contributed by atoms with E-state index in [2.05, 4.69) is 58.5 Å². The Balaban J connectivity index is 1.34. The molecule has 2 aromatic heterocycles. The Hall–Kier alpha value is -4.33. The Labute approximate surface area is 220 Å². The number of aryl methyl sites for hydroxylation is 2. The minimum absolute atomic E-state index is 0.137. The Morgan fingerprint density at radius 3 is 2.63 bits per heavy atom. The van der Waals surface area contributed by atoms with Gasteiger partial charge >= 0.3 is 0 Å². The third-order valence-corrected chi connectivity index (χ3v) is 7.67. The summed E-state index contributed by atoms with van der Waals surface area (Å²) in [6, 6.07) is 21.3. The fraction of sp³-hybridized carbons (Fsp3) is 0.267. The molecule has 8 heteroatoms. The number of carbonyl (C=O) groups is 1. The number of nitrogens with zero attached hydrogens (tertiary/aromatic N) is 6. The average molecular weight is 509 g/mol. The van der Waals surface area contributed by atoms with Gasteiger partial charge in [-0.2, -0.15) is 10.2 Å². The lowest BCUT2D eigenvalue weighted by Crippen LogP contribution is -2.37. The molecule has 38 heavy (non-hydrogen) atoms. The van der Waals surface area contributed by atoms with E-state index >= 15 is 0 Å². The lowest BCUT2D eigenvalue weighted by Gasteiger charge is -2.32. The number of carbonyl (C=O) groups excluding carboxylic acids is 1. The molecule has 0 radical (unpaired) electrons. The first-order chi connectivity index (χ1) is 18.5. The minimum Gasteiger partial charge on any atom is -0.342 e. The van der Waals surface area contributed by atoms with Crippen molar-refractivity contribution in [1.29, 1.82) is 0 Å². The number of halogens is 1. The molecular weight excluding hydrogens is 479 g/mol. The minimum atomic E-state index is -0.270. The first-order valence-electron chi connectivity index (χ1n) is 12.9. The third kappa shape index (κ3) is 4.58. The molecule has 1 amide bonds. The normalized spacial score (nSPS) is 17.4. The fourth-order valence-electron chi connectivity index (χ4n) is 5.79. The standard InChI is InChI=1S/C30H29FN6O/c1-22-15-28-24(18-33-37(28)26-9-7-25(31)8-10-26)16-27(22)30(17-23-5-3-2-4-6-23)12-14-35(19-30)29(38)11-13-36-21-32-20-34-36/h2-10,15-16,18,20-21H,11-14,17,19H2,1H3. The number of amides is 1. The summed E-state index contributed by atoms with van der Waals surface area (Å²) < 4.78 is 17.0. The van der Waals surface area contributed by atoms with E-state index in [-0.39, 0.29) is 17.1 Å². The van der Waals surface area contributed by atoms with Gasteiger partial charge in [0.2, 0.25) is 5.91 Å². The van der Waals surface area contributed by atoms with Crippen LogP contribution in [0.2, 0.25) is 0 Å². The molecule has 0 saturated carbocycles. The van der Waals surface area contributed by atoms with E-state index in [1.54, 1.807) is 23.1 Å². The average Bonchev–Trinajstić information content (AvgIpc) is 3.69. The molecule has 0 N–H and O–H groups in total. The van der Waals surface area contributed by atoms with Gasteiger partial charge < -0.3 is 4.90 Å². The van der Waals surface area contributed by atoms with Gasteiger partial charge in [0.25, 0.3) is 0 Å². The van der Waals surface area contributed by atoms with Crippen molar-refractivity contribution < 1.29 is 9.18 Å². The largest absolute Gasteiger partial charge is 0.342 e. The predicted molar refractivity (Wildman–Crippen MR) is 143 cm³/mol. The van der Waals surface area contributed by atoms with Gasteiger partial charge in [0.15, 0.2) is 0 Å². The molecular formula is C30H29FN6O. The summed E-state index contributed by atoms with van der Waals surface area (Å²) in [6.45, 7) is 4.04. The number of fused-ring (bicyclic) bond motifs is 1. The van der Waals surface area contributed by atoms with E-state index < -0.39 is 0 Å². The van der Waals surface area contributed by atoms with Gasteiger partial charge in [-0.05, 0) is 72.9 Å². The Kier molecular flexibility index (Phi) is 6.23. The Morgan fingerprint density at radius 1 is 1.05 bits per heavy atom. The summed E-state index contributed by atoms with van der Waals surface area (Å²) in [6.07, 6.45) is 7.12. The molecule has 1 aliphatic rings. The van der Waals surface area contributed by atoms with Crippen molar-refractivity contribution in [3.05, 3.63) is 108 Å². The zero-order chi connectivity index (χ0) is 26.1. The molecule has 0 aliphatic carbocycles. The molecule has 0 spiro atoms. The van der Waals surface area contributed by atoms with Gasteiger partial charge in [-0.25, -0.2) is 14.1 Å². The fourth-order valence-corrected chi connectivity index (χ4v) is 5.79. The summed E-state index contributed by atoms with van der Waals surface area (Å²) in [5, 5.41) is 9.77. The summed E-state index contributed by atoms with van der Waals surface area (Å²) in [5.74, 6) is -0.133. The summed E-state index contributed by atoms with van der Waals surface area (Å²) in [5.41, 5.74) is 5.25. The van der Waals surface area contributed by atoms with Crippen molar-refractivity contribution in [3.8, 4) is 5.69 Å². The van der Waals surface area contributed by atoms with E-state index in [1.807, 2.05) is 21.8 Å². The van der Waals surface area contributed by atoms with Crippen LogP contribution in [0.15, 0.2) is 85.6 Å². The van der Waals surface area contributed by atoms with E-state index in [1.165, 1.54) is 29.6 Å². The highest BCUT2D eigenvalue weighted by atomic mass is 19.1. The van der Waals surface area contributed by atoms with Gasteiger partial charge in [0.05, 0.1) is 23.9 Å². The number of aromatic nitrogens is 5. The lowest BCUT2D eigenvalue weighted by molar-refractivity contribution is -0.130. The first kappa shape index (κ1) is 24.0. The van der Waals surface area contributed by atoms with Crippen LogP contribution in [-0.2, 0) is 23.2 Å². The van der Waals surface area contributed by atoms with Gasteiger partial charge in [-0.3, -0.25) is 9.48 Å². The molecule has 3 aromatic carbocycles. The molecule has 192 valence electrons. The van der Waals surface area contributed by atoms with Crippen molar-refractivity contribution in [1.82, 2.24) is 29.4 Å². The molecule has 0 bridgehead atoms. The zero-order valence-electron chi connectivity index (χ0n) is 21.3. The topological polar surface area (TPSA) is 68.8 Å². The van der Waals surface area contributed by atoms with Gasteiger partial charge in [-0.15, -0.1) is 0 Å². The van der Waals surface area contributed by atoms with Crippen LogP contribution in [0.25, 0.3) is 16.6 Å². The molecule has 5 aromatic rings. The predicted octanol–water partition coefficient (Wildman–Crippen LogP) is 4.87. The van der Waals surface area contributed by atoms with Gasteiger partial charge in [0, 0.05) is 30.3 Å². The summed E-state index contributed by atoms with van der Waals surface area (Å²) in [7, 11) is 0.